The first kappa shape index (κ1) is 22.3. The summed E-state index contributed by atoms with van der Waals surface area (Å²) < 4.78 is 5.47. The van der Waals surface area contributed by atoms with Crippen molar-refractivity contribution in [2.45, 2.75) is 37.6 Å². The Kier molecular flexibility index (Phi) is 5.39. The van der Waals surface area contributed by atoms with Crippen LogP contribution in [0.5, 0.6) is 5.75 Å². The Hall–Kier alpha value is -3.22. The first-order chi connectivity index (χ1) is 17.0. The van der Waals surface area contributed by atoms with Gasteiger partial charge >= 0.3 is 7.69 Å². The van der Waals surface area contributed by atoms with Crippen LogP contribution in [0.1, 0.15) is 43.5 Å². The van der Waals surface area contributed by atoms with Gasteiger partial charge in [0.15, 0.2) is 0 Å². The van der Waals surface area contributed by atoms with Gasteiger partial charge in [0.1, 0.15) is 22.2 Å². The van der Waals surface area contributed by atoms with E-state index in [0.717, 1.165) is 16.0 Å². The van der Waals surface area contributed by atoms with E-state index in [0.29, 0.717) is 5.75 Å². The second kappa shape index (κ2) is 8.47. The van der Waals surface area contributed by atoms with E-state index < -0.39 is 0 Å². The van der Waals surface area contributed by atoms with E-state index in [1.807, 2.05) is 23.9 Å². The molecule has 0 amide bonds. The van der Waals surface area contributed by atoms with Crippen LogP contribution in [-0.2, 0) is 5.41 Å². The molecule has 0 aliphatic carbocycles. The zero-order valence-electron chi connectivity index (χ0n) is 20.1. The third kappa shape index (κ3) is 3.72. The van der Waals surface area contributed by atoms with Gasteiger partial charge in [0.25, 0.3) is 0 Å². The van der Waals surface area contributed by atoms with Crippen molar-refractivity contribution < 1.29 is 9.68 Å². The molecule has 0 radical (unpaired) electrons. The van der Waals surface area contributed by atoms with Crippen LogP contribution in [0.4, 0.5) is 11.4 Å². The molecule has 6 rings (SSSR count). The summed E-state index contributed by atoms with van der Waals surface area (Å²) in [5.74, 6) is 0.675. The van der Waals surface area contributed by atoms with Crippen molar-refractivity contribution in [2.24, 2.45) is 4.99 Å². The fourth-order valence-corrected chi connectivity index (χ4v) is 6.58. The van der Waals surface area contributed by atoms with Gasteiger partial charge in [-0.2, -0.15) is 0 Å². The van der Waals surface area contributed by atoms with Gasteiger partial charge in [0.2, 0.25) is 0 Å². The van der Waals surface area contributed by atoms with E-state index in [9.17, 15) is 5.02 Å². The fraction of sp³-hybridized carbons (Fsp3) is 0.207. The monoisotopic (exact) mass is 478 g/mol. The maximum Gasteiger partial charge on any atom is 0.504 e. The Labute approximate surface area is 211 Å². The number of aliphatic imine (C=N–C) groups is 1. The predicted octanol–water partition coefficient (Wildman–Crippen LogP) is 6.49. The Bertz CT molecular complexity index is 1430. The highest BCUT2D eigenvalue weighted by Crippen LogP contribution is 2.57. The third-order valence-electron chi connectivity index (χ3n) is 6.79. The number of rotatable bonds is 4. The summed E-state index contributed by atoms with van der Waals surface area (Å²) >= 11 is 1.85. The molecule has 2 aliphatic rings. The van der Waals surface area contributed by atoms with Gasteiger partial charge in [0.05, 0.1) is 0 Å². The second-order valence-electron chi connectivity index (χ2n) is 10.0. The molecule has 2 unspecified atom stereocenters. The quantitative estimate of drug-likeness (QED) is 0.341. The van der Waals surface area contributed by atoms with Crippen molar-refractivity contribution in [3.8, 4) is 5.75 Å². The smallest absolute Gasteiger partial charge is 0.504 e. The molecule has 2 atom stereocenters. The minimum absolute atomic E-state index is 0.0199. The summed E-state index contributed by atoms with van der Waals surface area (Å²) in [5.41, 5.74) is 6.01. The first-order valence-corrected chi connectivity index (χ1v) is 12.8. The van der Waals surface area contributed by atoms with E-state index in [1.54, 1.807) is 0 Å². The molecule has 0 spiro atoms. The Morgan fingerprint density at radius 3 is 2.31 bits per heavy atom. The topological polar surface area (TPSA) is 45.1 Å². The van der Waals surface area contributed by atoms with E-state index in [1.165, 1.54) is 27.9 Å². The van der Waals surface area contributed by atoms with Gasteiger partial charge in [-0.25, -0.2) is 0 Å². The largest absolute Gasteiger partial charge is 0.539 e. The van der Waals surface area contributed by atoms with Crippen LogP contribution >= 0.6 is 11.8 Å². The van der Waals surface area contributed by atoms with E-state index >= 15 is 0 Å². The van der Waals surface area contributed by atoms with Crippen molar-refractivity contribution in [1.29, 1.82) is 0 Å². The Morgan fingerprint density at radius 1 is 0.914 bits per heavy atom. The van der Waals surface area contributed by atoms with Gasteiger partial charge in [-0.1, -0.05) is 87.1 Å². The van der Waals surface area contributed by atoms with Crippen LogP contribution in [0.2, 0.25) is 0 Å². The lowest BCUT2D eigenvalue weighted by molar-refractivity contribution is 0.454. The molecular weight excluding hydrogens is 451 g/mol. The summed E-state index contributed by atoms with van der Waals surface area (Å²) in [6, 6.07) is 29.6. The van der Waals surface area contributed by atoms with E-state index in [4.69, 9.17) is 9.65 Å². The van der Waals surface area contributed by atoms with Crippen LogP contribution in [0.25, 0.3) is 10.8 Å². The lowest BCUT2D eigenvalue weighted by Gasteiger charge is -2.28. The first-order valence-electron chi connectivity index (χ1n) is 11.9. The van der Waals surface area contributed by atoms with Crippen LogP contribution in [0.15, 0.2) is 89.9 Å². The molecule has 35 heavy (non-hydrogen) atoms. The number of fused-ring (bicyclic) bond motifs is 5. The maximum atomic E-state index is 9.35. The molecule has 4 aromatic carbocycles. The summed E-state index contributed by atoms with van der Waals surface area (Å²) in [6.45, 7) is 6.74. The predicted molar refractivity (Wildman–Crippen MR) is 148 cm³/mol. The molecule has 0 fully saturated rings. The highest BCUT2D eigenvalue weighted by atomic mass is 32.2. The van der Waals surface area contributed by atoms with Crippen molar-refractivity contribution in [3.63, 3.8) is 0 Å². The Morgan fingerprint density at radius 2 is 1.63 bits per heavy atom. The normalized spacial score (nSPS) is 18.9. The van der Waals surface area contributed by atoms with Crippen molar-refractivity contribution in [3.05, 3.63) is 102 Å². The molecule has 0 aromatic heterocycles. The van der Waals surface area contributed by atoms with Crippen molar-refractivity contribution in [2.75, 3.05) is 4.90 Å². The molecule has 0 saturated heterocycles. The Balaban J connectivity index is 1.62. The van der Waals surface area contributed by atoms with Gasteiger partial charge in [-0.3, -0.25) is 4.99 Å². The van der Waals surface area contributed by atoms with Gasteiger partial charge < -0.3 is 14.6 Å². The second-order valence-corrected chi connectivity index (χ2v) is 11.2. The minimum atomic E-state index is -0.338. The van der Waals surface area contributed by atoms with E-state index in [2.05, 4.69) is 98.5 Å². The van der Waals surface area contributed by atoms with Crippen LogP contribution in [0.3, 0.4) is 0 Å². The van der Waals surface area contributed by atoms with Crippen LogP contribution in [-0.4, -0.2) is 23.1 Å². The molecule has 4 aromatic rings. The number of thioether (sulfide) groups is 1. The molecule has 6 heteroatoms. The minimum Gasteiger partial charge on any atom is -0.539 e. The maximum absolute atomic E-state index is 9.35. The van der Waals surface area contributed by atoms with Crippen molar-refractivity contribution in [1.82, 2.24) is 0 Å². The number of hydrogen-bond acceptors (Lipinski definition) is 5. The molecule has 4 nitrogen and oxygen atoms in total. The highest BCUT2D eigenvalue weighted by molar-refractivity contribution is 8.15. The molecule has 2 aliphatic heterocycles. The van der Waals surface area contributed by atoms with Gasteiger partial charge in [-0.05, 0) is 52.1 Å². The standard InChI is InChI=1S/C29H27BN2O2S/c1-29(2,3)23-17-24-25(21-15-14-20(34-30-33)16-22(21)23)26-28(32(24)19-12-8-5-9-13-19)35-27(31-26)18-10-6-4-7-11-18/h4-17,26,28,30,33H,1-3H3. The highest BCUT2D eigenvalue weighted by Gasteiger charge is 2.46. The molecule has 1 N–H and O–H groups in total. The van der Waals surface area contributed by atoms with Gasteiger partial charge in [0, 0.05) is 22.5 Å². The number of nitrogens with zero attached hydrogens (tertiary/aromatic N) is 2. The number of anilines is 2. The van der Waals surface area contributed by atoms with Gasteiger partial charge in [-0.15, -0.1) is 0 Å². The van der Waals surface area contributed by atoms with Crippen LogP contribution in [0, 0.1) is 0 Å². The zero-order chi connectivity index (χ0) is 24.2. The van der Waals surface area contributed by atoms with E-state index in [-0.39, 0.29) is 24.5 Å². The zero-order valence-corrected chi connectivity index (χ0v) is 20.9. The summed E-state index contributed by atoms with van der Waals surface area (Å²) in [4.78, 5) is 7.77. The SMILES string of the molecule is CC(C)(C)c1cc2c(c3ccc(OBO)cc13)C1N=C(c3ccccc3)SC1N2c1ccccc1. The lowest BCUT2D eigenvalue weighted by atomic mass is 9.81. The lowest BCUT2D eigenvalue weighted by Crippen LogP contribution is -2.25. The fourth-order valence-electron chi connectivity index (χ4n) is 5.24. The molecule has 174 valence electrons. The number of hydrogen-bond donors (Lipinski definition) is 1. The number of benzene rings is 4. The molecule has 2 heterocycles. The van der Waals surface area contributed by atoms with Crippen molar-refractivity contribution >= 4 is 46.6 Å². The summed E-state index contributed by atoms with van der Waals surface area (Å²) in [7, 11) is -0.338. The average Bonchev–Trinajstić information content (AvgIpc) is 3.41. The molecular formula is C29H27BN2O2S. The summed E-state index contributed by atoms with van der Waals surface area (Å²) in [5, 5.41) is 12.9. The summed E-state index contributed by atoms with van der Waals surface area (Å²) in [6.07, 6.45) is 0. The molecule has 0 bridgehead atoms. The van der Waals surface area contributed by atoms with Crippen LogP contribution < -0.4 is 9.55 Å². The average molecular weight is 478 g/mol. The third-order valence-corrected chi connectivity index (χ3v) is 8.07. The molecule has 0 saturated carbocycles. The number of para-hydroxylation sites is 1.